The van der Waals surface area contributed by atoms with Crippen LogP contribution < -0.4 is 9.80 Å². The van der Waals surface area contributed by atoms with Gasteiger partial charge < -0.3 is 9.80 Å². The summed E-state index contributed by atoms with van der Waals surface area (Å²) in [7, 11) is 0. The molecule has 0 bridgehead atoms. The molecule has 0 radical (unpaired) electrons. The zero-order valence-electron chi connectivity index (χ0n) is 30.4. The van der Waals surface area contributed by atoms with Gasteiger partial charge in [0.25, 0.3) is 0 Å². The molecule has 2 nitrogen and oxygen atoms in total. The summed E-state index contributed by atoms with van der Waals surface area (Å²) in [6, 6.07) is 54.0. The molecule has 2 heteroatoms. The Balaban J connectivity index is 0.938. The average molecular weight is 695 g/mol. The van der Waals surface area contributed by atoms with Gasteiger partial charge in [0.15, 0.2) is 0 Å². The van der Waals surface area contributed by atoms with Crippen molar-refractivity contribution in [2.24, 2.45) is 0 Å². The predicted octanol–water partition coefficient (Wildman–Crippen LogP) is 13.8. The maximum Gasteiger partial charge on any atom is 0.0630 e. The first-order chi connectivity index (χ1) is 26.8. The van der Waals surface area contributed by atoms with Gasteiger partial charge >= 0.3 is 0 Å². The van der Waals surface area contributed by atoms with Gasteiger partial charge in [0.2, 0.25) is 0 Å². The fourth-order valence-electron chi connectivity index (χ4n) is 8.89. The molecule has 6 aromatic carbocycles. The number of anilines is 5. The van der Waals surface area contributed by atoms with Gasteiger partial charge in [-0.3, -0.25) is 0 Å². The number of hydrogen-bond acceptors (Lipinski definition) is 2. The first-order valence-electron chi connectivity index (χ1n) is 19.4. The largest absolute Gasteiger partial charge is 0.333 e. The van der Waals surface area contributed by atoms with E-state index in [-0.39, 0.29) is 12.0 Å². The Labute approximate surface area is 319 Å². The highest BCUT2D eigenvalue weighted by Crippen LogP contribution is 2.49. The topological polar surface area (TPSA) is 6.48 Å². The third-order valence-corrected chi connectivity index (χ3v) is 11.6. The predicted molar refractivity (Wildman–Crippen MR) is 229 cm³/mol. The highest BCUT2D eigenvalue weighted by molar-refractivity contribution is 5.85. The third kappa shape index (κ3) is 5.85. The van der Waals surface area contributed by atoms with Gasteiger partial charge in [0.05, 0.1) is 6.04 Å². The van der Waals surface area contributed by atoms with E-state index in [1.54, 1.807) is 0 Å². The zero-order chi connectivity index (χ0) is 35.8. The fourth-order valence-corrected chi connectivity index (χ4v) is 8.89. The van der Waals surface area contributed by atoms with Crippen molar-refractivity contribution in [3.05, 3.63) is 216 Å². The number of allylic oxidation sites excluding steroid dienone is 7. The molecule has 1 heterocycles. The zero-order valence-corrected chi connectivity index (χ0v) is 30.4. The van der Waals surface area contributed by atoms with Gasteiger partial charge in [0.1, 0.15) is 0 Å². The van der Waals surface area contributed by atoms with Gasteiger partial charge in [-0.1, -0.05) is 140 Å². The van der Waals surface area contributed by atoms with Crippen molar-refractivity contribution in [3.63, 3.8) is 0 Å². The lowest BCUT2D eigenvalue weighted by Crippen LogP contribution is -2.28. The molecule has 0 saturated carbocycles. The van der Waals surface area contributed by atoms with Crippen LogP contribution in [0.2, 0.25) is 0 Å². The minimum absolute atomic E-state index is 0.238. The summed E-state index contributed by atoms with van der Waals surface area (Å²) in [6.45, 7) is 0. The van der Waals surface area contributed by atoms with Crippen molar-refractivity contribution in [2.75, 3.05) is 9.80 Å². The van der Waals surface area contributed by atoms with Crippen LogP contribution in [0.3, 0.4) is 0 Å². The normalized spacial score (nSPS) is 18.0. The average Bonchev–Trinajstić information content (AvgIpc) is 3.58. The van der Waals surface area contributed by atoms with E-state index in [0.717, 1.165) is 42.7 Å². The van der Waals surface area contributed by atoms with Crippen LogP contribution in [0.4, 0.5) is 28.4 Å². The molecule has 0 N–H and O–H groups in total. The molecule has 3 aliphatic carbocycles. The first-order valence-corrected chi connectivity index (χ1v) is 19.4. The van der Waals surface area contributed by atoms with Gasteiger partial charge in [-0.05, 0) is 130 Å². The fraction of sp³-hybridized carbons (Fsp3) is 0.115. The van der Waals surface area contributed by atoms with Crippen molar-refractivity contribution in [1.29, 1.82) is 0 Å². The van der Waals surface area contributed by atoms with E-state index in [9.17, 15) is 0 Å². The molecule has 0 amide bonds. The number of para-hydroxylation sites is 2. The van der Waals surface area contributed by atoms with Crippen LogP contribution in [0, 0.1) is 0 Å². The van der Waals surface area contributed by atoms with E-state index in [2.05, 4.69) is 204 Å². The van der Waals surface area contributed by atoms with Crippen molar-refractivity contribution in [3.8, 4) is 11.1 Å². The molecule has 1 aliphatic heterocycles. The summed E-state index contributed by atoms with van der Waals surface area (Å²) in [5.41, 5.74) is 18.0. The second-order valence-electron chi connectivity index (χ2n) is 14.7. The van der Waals surface area contributed by atoms with Crippen LogP contribution in [-0.4, -0.2) is 6.04 Å². The molecule has 6 aromatic rings. The molecule has 4 aliphatic rings. The van der Waals surface area contributed by atoms with Crippen LogP contribution in [0.25, 0.3) is 28.3 Å². The monoisotopic (exact) mass is 694 g/mol. The third-order valence-electron chi connectivity index (χ3n) is 11.6. The Morgan fingerprint density at radius 3 is 2.04 bits per heavy atom. The summed E-state index contributed by atoms with van der Waals surface area (Å²) < 4.78 is 0. The summed E-state index contributed by atoms with van der Waals surface area (Å²) >= 11 is 0. The smallest absolute Gasteiger partial charge is 0.0630 e. The number of fused-ring (bicyclic) bond motifs is 4. The molecular formula is C52H42N2. The van der Waals surface area contributed by atoms with Gasteiger partial charge in [0, 0.05) is 34.4 Å². The minimum Gasteiger partial charge on any atom is -0.333 e. The van der Waals surface area contributed by atoms with Crippen molar-refractivity contribution >= 4 is 45.7 Å². The van der Waals surface area contributed by atoms with Crippen LogP contribution >= 0.6 is 0 Å². The molecule has 260 valence electrons. The molecular weight excluding hydrogens is 653 g/mol. The lowest BCUT2D eigenvalue weighted by atomic mass is 9.86. The van der Waals surface area contributed by atoms with Gasteiger partial charge in [-0.25, -0.2) is 0 Å². The lowest BCUT2D eigenvalue weighted by Gasteiger charge is -2.30. The maximum atomic E-state index is 2.53. The van der Waals surface area contributed by atoms with E-state index >= 15 is 0 Å². The molecule has 2 atom stereocenters. The number of nitrogens with zero attached hydrogens (tertiary/aromatic N) is 2. The summed E-state index contributed by atoms with van der Waals surface area (Å²) in [5.74, 6) is 0.275. The molecule has 2 unspecified atom stereocenters. The molecule has 0 fully saturated rings. The quantitative estimate of drug-likeness (QED) is 0.164. The van der Waals surface area contributed by atoms with E-state index in [4.69, 9.17) is 0 Å². The Bertz CT molecular complexity index is 2480. The van der Waals surface area contributed by atoms with Crippen molar-refractivity contribution < 1.29 is 0 Å². The van der Waals surface area contributed by atoms with E-state index < -0.39 is 0 Å². The van der Waals surface area contributed by atoms with E-state index in [0.29, 0.717) is 0 Å². The standard InChI is InChI=1S/C52H42N2/c1-3-12-37(13-4-1)38-22-31-46(32-23-38)54-51-21-10-9-19-49(51)50-36-42(28-35-52(50)54)39-24-29-44(30-25-39)53(43-16-5-2-6-17-43)45-33-26-41(27-34-45)48-20-11-15-40-14-7-8-18-47(40)48/h1-3,5-7,9-12,14-17,19-36,50,52H,4,8,13,18H2. The number of benzene rings is 6. The SMILES string of the molecule is C1=CCCC(c2ccc(N3c4ccccc4C4C=C(c5ccc(N(c6ccccc6)c6ccc(-c7cccc8c7CCC=C8)cc6)cc5)C=CC43)cc2)=C1. The first kappa shape index (κ1) is 32.3. The van der Waals surface area contributed by atoms with Gasteiger partial charge in [-0.2, -0.15) is 0 Å². The Kier molecular flexibility index (Phi) is 8.30. The molecule has 10 rings (SSSR count). The number of rotatable bonds is 7. The summed E-state index contributed by atoms with van der Waals surface area (Å²) in [5, 5.41) is 0. The van der Waals surface area contributed by atoms with Crippen molar-refractivity contribution in [2.45, 2.75) is 37.6 Å². The molecule has 54 heavy (non-hydrogen) atoms. The van der Waals surface area contributed by atoms with Crippen LogP contribution in [0.1, 0.15) is 53.0 Å². The second kappa shape index (κ2) is 13.9. The maximum absolute atomic E-state index is 2.53. The lowest BCUT2D eigenvalue weighted by molar-refractivity contribution is 0.747. The molecule has 0 spiro atoms. The second-order valence-corrected chi connectivity index (χ2v) is 14.7. The Morgan fingerprint density at radius 1 is 0.556 bits per heavy atom. The van der Waals surface area contributed by atoms with Crippen LogP contribution in [-0.2, 0) is 6.42 Å². The number of hydrogen-bond donors (Lipinski definition) is 0. The van der Waals surface area contributed by atoms with E-state index in [1.165, 1.54) is 61.5 Å². The Morgan fingerprint density at radius 2 is 1.26 bits per heavy atom. The van der Waals surface area contributed by atoms with Crippen LogP contribution in [0.5, 0.6) is 0 Å². The molecule has 0 aromatic heterocycles. The highest BCUT2D eigenvalue weighted by atomic mass is 15.2. The summed E-state index contributed by atoms with van der Waals surface area (Å²) in [6.07, 6.45) is 22.9. The van der Waals surface area contributed by atoms with Crippen LogP contribution in [0.15, 0.2) is 188 Å². The van der Waals surface area contributed by atoms with E-state index in [1.807, 2.05) is 0 Å². The molecule has 0 saturated heterocycles. The summed E-state index contributed by atoms with van der Waals surface area (Å²) in [4.78, 5) is 4.88. The van der Waals surface area contributed by atoms with Crippen molar-refractivity contribution in [1.82, 2.24) is 0 Å². The minimum atomic E-state index is 0.238. The Hall–Kier alpha value is -6.38. The highest BCUT2D eigenvalue weighted by Gasteiger charge is 2.38. The van der Waals surface area contributed by atoms with Gasteiger partial charge in [-0.15, -0.1) is 0 Å².